The van der Waals surface area contributed by atoms with Crippen molar-refractivity contribution in [1.29, 1.82) is 0 Å². The summed E-state index contributed by atoms with van der Waals surface area (Å²) in [6, 6.07) is 0.676. The molecule has 2 rings (SSSR count). The molecule has 1 saturated carbocycles. The Morgan fingerprint density at radius 2 is 1.80 bits per heavy atom. The van der Waals surface area contributed by atoms with Gasteiger partial charge >= 0.3 is 6.09 Å². The summed E-state index contributed by atoms with van der Waals surface area (Å²) in [4.78, 5) is 13.9. The molecule has 0 bridgehead atoms. The monoisotopic (exact) mass is 286 g/mol. The lowest BCUT2D eigenvalue weighted by Gasteiger charge is -2.48. The van der Waals surface area contributed by atoms with Crippen LogP contribution in [0.5, 0.6) is 0 Å². The van der Waals surface area contributed by atoms with E-state index < -0.39 is 11.3 Å². The van der Waals surface area contributed by atoms with Crippen LogP contribution in [0.2, 0.25) is 0 Å². The van der Waals surface area contributed by atoms with Gasteiger partial charge in [-0.05, 0) is 53.4 Å². The van der Waals surface area contributed by atoms with E-state index in [2.05, 4.69) is 10.2 Å². The summed E-state index contributed by atoms with van der Waals surface area (Å²) < 4.78 is 18.8. The number of carbonyl (C=O) groups excluding carboxylic acids is 1. The Bertz CT molecular complexity index is 349. The van der Waals surface area contributed by atoms with Gasteiger partial charge in [0.1, 0.15) is 11.3 Å². The molecular weight excluding hydrogens is 259 g/mol. The first-order chi connectivity index (χ1) is 9.15. The average Bonchev–Trinajstić information content (AvgIpc) is 2.24. The number of halogens is 1. The van der Waals surface area contributed by atoms with E-state index in [0.717, 1.165) is 25.7 Å². The van der Waals surface area contributed by atoms with Crippen LogP contribution >= 0.6 is 0 Å². The third-order valence-corrected chi connectivity index (χ3v) is 4.00. The zero-order chi connectivity index (χ0) is 15.0. The second-order valence-electron chi connectivity index (χ2n) is 7.47. The molecule has 1 heterocycles. The predicted octanol–water partition coefficient (Wildman–Crippen LogP) is 2.87. The third kappa shape index (κ3) is 4.33. The van der Waals surface area contributed by atoms with Crippen LogP contribution in [-0.2, 0) is 4.74 Å². The number of likely N-dealkylation sites (tertiary alicyclic amines) is 1. The minimum atomic E-state index is -0.994. The molecule has 2 fully saturated rings. The highest BCUT2D eigenvalue weighted by molar-refractivity contribution is 5.68. The number of hydrogen-bond donors (Lipinski definition) is 1. The largest absolute Gasteiger partial charge is 0.444 e. The number of nitrogens with one attached hydrogen (secondary N) is 1. The number of carbonyl (C=O) groups is 1. The molecule has 0 radical (unpaired) electrons. The first kappa shape index (κ1) is 15.5. The van der Waals surface area contributed by atoms with Gasteiger partial charge < -0.3 is 10.1 Å². The molecule has 1 aliphatic carbocycles. The van der Waals surface area contributed by atoms with Crippen molar-refractivity contribution in [2.24, 2.45) is 0 Å². The summed E-state index contributed by atoms with van der Waals surface area (Å²) in [6.07, 6.45) is 3.61. The van der Waals surface area contributed by atoms with Crippen molar-refractivity contribution < 1.29 is 13.9 Å². The maximum absolute atomic E-state index is 13.5. The smallest absolute Gasteiger partial charge is 0.407 e. The number of amides is 1. The van der Waals surface area contributed by atoms with Crippen LogP contribution < -0.4 is 5.32 Å². The maximum atomic E-state index is 13.5. The Kier molecular flexibility index (Phi) is 4.28. The molecule has 0 unspecified atom stereocenters. The van der Waals surface area contributed by atoms with Gasteiger partial charge in [0.25, 0.3) is 0 Å². The van der Waals surface area contributed by atoms with Crippen LogP contribution in [0.4, 0.5) is 9.18 Å². The Hall–Kier alpha value is -0.840. The Balaban J connectivity index is 1.68. The Morgan fingerprint density at radius 1 is 1.25 bits per heavy atom. The molecule has 0 aromatic carbocycles. The first-order valence-corrected chi connectivity index (χ1v) is 7.57. The fourth-order valence-corrected chi connectivity index (χ4v) is 3.12. The van der Waals surface area contributed by atoms with Crippen LogP contribution in [0.3, 0.4) is 0 Å². The molecular formula is C15H27FN2O2. The van der Waals surface area contributed by atoms with Crippen molar-refractivity contribution >= 4 is 6.09 Å². The fourth-order valence-electron chi connectivity index (χ4n) is 3.12. The van der Waals surface area contributed by atoms with Crippen LogP contribution in [0, 0.1) is 0 Å². The second kappa shape index (κ2) is 5.51. The summed E-state index contributed by atoms with van der Waals surface area (Å²) in [5.41, 5.74) is -1.45. The molecule has 0 aromatic rings. The Morgan fingerprint density at radius 3 is 2.25 bits per heavy atom. The summed E-state index contributed by atoms with van der Waals surface area (Å²) in [6.45, 7) is 8.37. The van der Waals surface area contributed by atoms with Gasteiger partial charge in [-0.2, -0.15) is 0 Å². The quantitative estimate of drug-likeness (QED) is 0.848. The molecule has 4 nitrogen and oxygen atoms in total. The number of ether oxygens (including phenoxy) is 1. The summed E-state index contributed by atoms with van der Waals surface area (Å²) >= 11 is 0. The van der Waals surface area contributed by atoms with Gasteiger partial charge in [0.05, 0.1) is 0 Å². The molecule has 1 saturated heterocycles. The van der Waals surface area contributed by atoms with Gasteiger partial charge in [0.2, 0.25) is 0 Å². The van der Waals surface area contributed by atoms with Gasteiger partial charge in [0.15, 0.2) is 0 Å². The first-order valence-electron chi connectivity index (χ1n) is 7.57. The predicted molar refractivity (Wildman–Crippen MR) is 76.5 cm³/mol. The fraction of sp³-hybridized carbons (Fsp3) is 0.933. The van der Waals surface area contributed by atoms with Gasteiger partial charge in [-0.3, -0.25) is 4.90 Å². The van der Waals surface area contributed by atoms with Gasteiger partial charge in [-0.25, -0.2) is 9.18 Å². The SMILES string of the molecule is CC1(F)CN(C2CCC(NC(=O)OC(C)(C)C)CC2)C1. The van der Waals surface area contributed by atoms with Crippen LogP contribution in [0.25, 0.3) is 0 Å². The van der Waals surface area contributed by atoms with E-state index >= 15 is 0 Å². The molecule has 1 N–H and O–H groups in total. The standard InChI is InChI=1S/C15H27FN2O2/c1-14(2,3)20-13(19)17-11-5-7-12(8-6-11)18-9-15(4,16)10-18/h11-12H,5-10H2,1-4H3,(H,17,19). The molecule has 1 amide bonds. The number of hydrogen-bond acceptors (Lipinski definition) is 3. The molecule has 2 aliphatic rings. The molecule has 0 atom stereocenters. The minimum Gasteiger partial charge on any atom is -0.444 e. The topological polar surface area (TPSA) is 41.6 Å². The van der Waals surface area contributed by atoms with E-state index in [0.29, 0.717) is 19.1 Å². The lowest BCUT2D eigenvalue weighted by molar-refractivity contribution is -0.0541. The van der Waals surface area contributed by atoms with E-state index in [1.807, 2.05) is 20.8 Å². The normalized spacial score (nSPS) is 30.4. The highest BCUT2D eigenvalue weighted by Gasteiger charge is 2.42. The van der Waals surface area contributed by atoms with E-state index in [1.54, 1.807) is 6.92 Å². The van der Waals surface area contributed by atoms with Crippen molar-refractivity contribution in [3.05, 3.63) is 0 Å². The van der Waals surface area contributed by atoms with Crippen molar-refractivity contribution in [3.63, 3.8) is 0 Å². The average molecular weight is 286 g/mol. The van der Waals surface area contributed by atoms with Gasteiger partial charge in [0, 0.05) is 25.2 Å². The molecule has 20 heavy (non-hydrogen) atoms. The van der Waals surface area contributed by atoms with Crippen LogP contribution in [0.1, 0.15) is 53.4 Å². The number of alkyl carbamates (subject to hydrolysis) is 1. The Labute approximate surface area is 121 Å². The van der Waals surface area contributed by atoms with Crippen LogP contribution in [0.15, 0.2) is 0 Å². The van der Waals surface area contributed by atoms with E-state index in [1.165, 1.54) is 0 Å². The van der Waals surface area contributed by atoms with E-state index in [-0.39, 0.29) is 12.1 Å². The van der Waals surface area contributed by atoms with Crippen molar-refractivity contribution in [1.82, 2.24) is 10.2 Å². The van der Waals surface area contributed by atoms with E-state index in [9.17, 15) is 9.18 Å². The van der Waals surface area contributed by atoms with E-state index in [4.69, 9.17) is 4.74 Å². The summed E-state index contributed by atoms with van der Waals surface area (Å²) in [7, 11) is 0. The van der Waals surface area contributed by atoms with Crippen molar-refractivity contribution in [2.75, 3.05) is 13.1 Å². The maximum Gasteiger partial charge on any atom is 0.407 e. The summed E-state index contributed by atoms with van der Waals surface area (Å²) in [5.74, 6) is 0. The van der Waals surface area contributed by atoms with Crippen molar-refractivity contribution in [2.45, 2.75) is 76.7 Å². The second-order valence-corrected chi connectivity index (χ2v) is 7.47. The van der Waals surface area contributed by atoms with Crippen molar-refractivity contribution in [3.8, 4) is 0 Å². The zero-order valence-electron chi connectivity index (χ0n) is 13.0. The number of rotatable bonds is 2. The minimum absolute atomic E-state index is 0.194. The summed E-state index contributed by atoms with van der Waals surface area (Å²) in [5, 5.41) is 2.93. The zero-order valence-corrected chi connectivity index (χ0v) is 13.0. The number of nitrogens with zero attached hydrogens (tertiary/aromatic N) is 1. The molecule has 1 aliphatic heterocycles. The molecule has 116 valence electrons. The lowest BCUT2D eigenvalue weighted by Crippen LogP contribution is -2.61. The molecule has 0 aromatic heterocycles. The highest BCUT2D eigenvalue weighted by atomic mass is 19.1. The lowest BCUT2D eigenvalue weighted by atomic mass is 9.86. The van der Waals surface area contributed by atoms with Gasteiger partial charge in [-0.15, -0.1) is 0 Å². The molecule has 5 heteroatoms. The van der Waals surface area contributed by atoms with Gasteiger partial charge in [-0.1, -0.05) is 0 Å². The number of alkyl halides is 1. The van der Waals surface area contributed by atoms with Crippen LogP contribution in [-0.4, -0.2) is 47.4 Å². The third-order valence-electron chi connectivity index (χ3n) is 4.00. The highest BCUT2D eigenvalue weighted by Crippen LogP contribution is 2.32. The molecule has 0 spiro atoms.